The summed E-state index contributed by atoms with van der Waals surface area (Å²) in [5.41, 5.74) is 1.92. The molecule has 0 saturated carbocycles. The van der Waals surface area contributed by atoms with Gasteiger partial charge >= 0.3 is 0 Å². The van der Waals surface area contributed by atoms with Gasteiger partial charge in [0.1, 0.15) is 19.0 Å². The summed E-state index contributed by atoms with van der Waals surface area (Å²) in [5, 5.41) is 6.49. The highest BCUT2D eigenvalue weighted by molar-refractivity contribution is 5.62. The summed E-state index contributed by atoms with van der Waals surface area (Å²) in [6.07, 6.45) is 1.70. The van der Waals surface area contributed by atoms with Gasteiger partial charge in [-0.05, 0) is 35.9 Å². The fourth-order valence-electron chi connectivity index (χ4n) is 3.01. The normalized spacial score (nSPS) is 13.9. The third-order valence-corrected chi connectivity index (χ3v) is 4.36. The van der Waals surface area contributed by atoms with Crippen molar-refractivity contribution in [2.24, 2.45) is 0 Å². The van der Waals surface area contributed by atoms with Crippen molar-refractivity contribution in [3.63, 3.8) is 0 Å². The number of hydrogen-bond acceptors (Lipinski definition) is 8. The summed E-state index contributed by atoms with van der Waals surface area (Å²) < 4.78 is 21.9. The van der Waals surface area contributed by atoms with Gasteiger partial charge in [-0.3, -0.25) is 0 Å². The average molecular weight is 378 g/mol. The smallest absolute Gasteiger partial charge is 0.231 e. The van der Waals surface area contributed by atoms with Gasteiger partial charge in [0, 0.05) is 24.5 Å². The maximum atomic E-state index is 5.62. The van der Waals surface area contributed by atoms with Crippen LogP contribution < -0.4 is 29.6 Å². The van der Waals surface area contributed by atoms with Crippen LogP contribution in [0.1, 0.15) is 5.56 Å². The molecule has 8 heteroatoms. The Morgan fingerprint density at radius 1 is 0.821 bits per heavy atom. The Bertz CT molecular complexity index is 1010. The molecule has 5 rings (SSSR count). The van der Waals surface area contributed by atoms with Gasteiger partial charge in [0.05, 0.1) is 0 Å². The van der Waals surface area contributed by atoms with Crippen LogP contribution in [0.15, 0.2) is 48.7 Å². The molecule has 2 aliphatic heterocycles. The molecule has 0 saturated heterocycles. The summed E-state index contributed by atoms with van der Waals surface area (Å²) in [6, 6.07) is 13.4. The number of rotatable bonds is 5. The zero-order chi connectivity index (χ0) is 18.8. The number of benzene rings is 2. The molecular formula is C20H18N4O4. The maximum absolute atomic E-state index is 5.62. The van der Waals surface area contributed by atoms with Crippen LogP contribution in [0.3, 0.4) is 0 Å². The molecule has 28 heavy (non-hydrogen) atoms. The van der Waals surface area contributed by atoms with Crippen LogP contribution >= 0.6 is 0 Å². The third kappa shape index (κ3) is 3.44. The molecule has 142 valence electrons. The number of anilines is 3. The molecule has 0 unspecified atom stereocenters. The largest absolute Gasteiger partial charge is 0.486 e. The first-order chi connectivity index (χ1) is 13.8. The molecule has 0 amide bonds. The van der Waals surface area contributed by atoms with Gasteiger partial charge in [0.2, 0.25) is 12.7 Å². The molecule has 0 spiro atoms. The molecule has 0 fully saturated rings. The van der Waals surface area contributed by atoms with Gasteiger partial charge in [0.25, 0.3) is 0 Å². The first-order valence-corrected chi connectivity index (χ1v) is 8.96. The fourth-order valence-corrected chi connectivity index (χ4v) is 3.01. The van der Waals surface area contributed by atoms with Gasteiger partial charge in [-0.1, -0.05) is 6.07 Å². The SMILES string of the molecule is c1cc(Nc2ccc3c(c2)OCCO3)nc(NCc2ccc3c(c2)OCO3)n1. The number of nitrogens with one attached hydrogen (secondary N) is 2. The molecular weight excluding hydrogens is 360 g/mol. The summed E-state index contributed by atoms with van der Waals surface area (Å²) in [5.74, 6) is 4.22. The van der Waals surface area contributed by atoms with Crippen LogP contribution in [-0.2, 0) is 6.54 Å². The molecule has 0 aliphatic carbocycles. The van der Waals surface area contributed by atoms with Crippen LogP contribution in [0.5, 0.6) is 23.0 Å². The Morgan fingerprint density at radius 3 is 2.57 bits per heavy atom. The lowest BCUT2D eigenvalue weighted by molar-refractivity contribution is 0.171. The van der Waals surface area contributed by atoms with Gasteiger partial charge < -0.3 is 29.6 Å². The van der Waals surface area contributed by atoms with Crippen LogP contribution in [0.4, 0.5) is 17.5 Å². The minimum absolute atomic E-state index is 0.267. The zero-order valence-electron chi connectivity index (χ0n) is 15.0. The van der Waals surface area contributed by atoms with Crippen molar-refractivity contribution < 1.29 is 18.9 Å². The number of ether oxygens (including phenoxy) is 4. The molecule has 8 nitrogen and oxygen atoms in total. The van der Waals surface area contributed by atoms with Crippen molar-refractivity contribution in [1.82, 2.24) is 9.97 Å². The van der Waals surface area contributed by atoms with E-state index in [1.54, 1.807) is 6.20 Å². The second-order valence-electron chi connectivity index (χ2n) is 6.29. The maximum Gasteiger partial charge on any atom is 0.231 e. The minimum atomic E-state index is 0.267. The number of hydrogen-bond donors (Lipinski definition) is 2. The standard InChI is InChI=1S/C20H18N4O4/c1-3-16-17(28-12-27-16)9-13(1)11-22-20-21-6-5-19(24-20)23-14-2-4-15-18(10-14)26-8-7-25-15/h1-6,9-10H,7-8,11-12H2,(H2,21,22,23,24). The molecule has 0 radical (unpaired) electrons. The van der Waals surface area contributed by atoms with Crippen molar-refractivity contribution in [2.75, 3.05) is 30.6 Å². The van der Waals surface area contributed by atoms with Gasteiger partial charge in [0.15, 0.2) is 23.0 Å². The molecule has 3 heterocycles. The number of nitrogens with zero attached hydrogens (tertiary/aromatic N) is 2. The van der Waals surface area contributed by atoms with Crippen LogP contribution in [0.2, 0.25) is 0 Å². The summed E-state index contributed by atoms with van der Waals surface area (Å²) in [7, 11) is 0. The lowest BCUT2D eigenvalue weighted by Crippen LogP contribution is -2.15. The first-order valence-electron chi connectivity index (χ1n) is 8.96. The summed E-state index contributed by atoms with van der Waals surface area (Å²) >= 11 is 0. The molecule has 1 aromatic heterocycles. The molecule has 2 N–H and O–H groups in total. The van der Waals surface area contributed by atoms with E-state index in [9.17, 15) is 0 Å². The highest BCUT2D eigenvalue weighted by Crippen LogP contribution is 2.34. The van der Waals surface area contributed by atoms with Crippen LogP contribution in [-0.4, -0.2) is 30.0 Å². The Balaban J connectivity index is 1.26. The molecule has 2 aromatic carbocycles. The average Bonchev–Trinajstić information content (AvgIpc) is 3.20. The van der Waals surface area contributed by atoms with Crippen molar-refractivity contribution in [2.45, 2.75) is 6.54 Å². The minimum Gasteiger partial charge on any atom is -0.486 e. The van der Waals surface area contributed by atoms with Gasteiger partial charge in [-0.15, -0.1) is 0 Å². The topological polar surface area (TPSA) is 86.8 Å². The summed E-state index contributed by atoms with van der Waals surface area (Å²) in [6.45, 7) is 1.97. The fraction of sp³-hybridized carbons (Fsp3) is 0.200. The molecule has 3 aromatic rings. The lowest BCUT2D eigenvalue weighted by atomic mass is 10.2. The second kappa shape index (κ2) is 7.15. The van der Waals surface area contributed by atoms with E-state index >= 15 is 0 Å². The first kappa shape index (κ1) is 16.5. The predicted octanol–water partition coefficient (Wildman–Crippen LogP) is 3.33. The van der Waals surface area contributed by atoms with E-state index in [-0.39, 0.29) is 6.79 Å². The molecule has 0 bridgehead atoms. The van der Waals surface area contributed by atoms with E-state index < -0.39 is 0 Å². The third-order valence-electron chi connectivity index (χ3n) is 4.36. The number of aromatic nitrogens is 2. The van der Waals surface area contributed by atoms with Crippen LogP contribution in [0.25, 0.3) is 0 Å². The second-order valence-corrected chi connectivity index (χ2v) is 6.29. The Labute approximate surface area is 161 Å². The highest BCUT2D eigenvalue weighted by atomic mass is 16.7. The van der Waals surface area contributed by atoms with E-state index in [1.807, 2.05) is 42.5 Å². The Morgan fingerprint density at radius 2 is 1.61 bits per heavy atom. The van der Waals surface area contributed by atoms with Crippen LogP contribution in [0, 0.1) is 0 Å². The lowest BCUT2D eigenvalue weighted by Gasteiger charge is -2.19. The van der Waals surface area contributed by atoms with Crippen molar-refractivity contribution in [1.29, 1.82) is 0 Å². The van der Waals surface area contributed by atoms with Crippen molar-refractivity contribution >= 4 is 17.5 Å². The van der Waals surface area contributed by atoms with E-state index in [2.05, 4.69) is 20.6 Å². The highest BCUT2D eigenvalue weighted by Gasteiger charge is 2.14. The Kier molecular flexibility index (Phi) is 4.21. The van der Waals surface area contributed by atoms with Crippen molar-refractivity contribution in [3.8, 4) is 23.0 Å². The monoisotopic (exact) mass is 378 g/mol. The summed E-state index contributed by atoms with van der Waals surface area (Å²) in [4.78, 5) is 8.78. The van der Waals surface area contributed by atoms with E-state index in [0.717, 1.165) is 34.2 Å². The van der Waals surface area contributed by atoms with Gasteiger partial charge in [-0.25, -0.2) is 4.98 Å². The zero-order valence-corrected chi connectivity index (χ0v) is 15.0. The molecule has 0 atom stereocenters. The van der Waals surface area contributed by atoms with E-state index in [1.165, 1.54) is 0 Å². The quantitative estimate of drug-likeness (QED) is 0.699. The number of fused-ring (bicyclic) bond motifs is 2. The molecule has 2 aliphatic rings. The predicted molar refractivity (Wildman–Crippen MR) is 103 cm³/mol. The van der Waals surface area contributed by atoms with E-state index in [4.69, 9.17) is 18.9 Å². The van der Waals surface area contributed by atoms with Crippen molar-refractivity contribution in [3.05, 3.63) is 54.2 Å². The van der Waals surface area contributed by atoms with Gasteiger partial charge in [-0.2, -0.15) is 4.98 Å². The Hall–Kier alpha value is -3.68. The van der Waals surface area contributed by atoms with E-state index in [0.29, 0.717) is 31.5 Å².